The largest absolute Gasteiger partial charge is 0.493 e. The van der Waals surface area contributed by atoms with E-state index in [9.17, 15) is 9.59 Å². The Labute approximate surface area is 145 Å². The first-order valence-electron chi connectivity index (χ1n) is 8.25. The molecule has 7 heteroatoms. The van der Waals surface area contributed by atoms with Crippen LogP contribution < -0.4 is 10.1 Å². The highest BCUT2D eigenvalue weighted by Crippen LogP contribution is 2.33. The van der Waals surface area contributed by atoms with Crippen LogP contribution in [0.1, 0.15) is 37.3 Å². The summed E-state index contributed by atoms with van der Waals surface area (Å²) in [5, 5.41) is 12.7. The summed E-state index contributed by atoms with van der Waals surface area (Å²) >= 11 is 6.02. The number of nitrogens with zero attached hydrogens (tertiary/aromatic N) is 1. The molecule has 24 heavy (non-hydrogen) atoms. The minimum Gasteiger partial charge on any atom is -0.493 e. The maximum atomic E-state index is 12.5. The number of piperidine rings is 1. The topological polar surface area (TPSA) is 78.9 Å². The van der Waals surface area contributed by atoms with Gasteiger partial charge in [0.15, 0.2) is 0 Å². The second kappa shape index (κ2) is 7.30. The van der Waals surface area contributed by atoms with Gasteiger partial charge in [0, 0.05) is 23.7 Å². The van der Waals surface area contributed by atoms with E-state index in [4.69, 9.17) is 21.4 Å². The molecule has 0 bridgehead atoms. The number of likely N-dealkylation sites (tertiary alicyclic amines) is 1. The fourth-order valence-corrected chi connectivity index (χ4v) is 3.43. The number of carboxylic acid groups (broad SMARTS) is 1. The van der Waals surface area contributed by atoms with Crippen LogP contribution in [0.4, 0.5) is 4.79 Å². The van der Waals surface area contributed by atoms with E-state index in [-0.39, 0.29) is 18.0 Å². The third-order valence-electron chi connectivity index (χ3n) is 4.67. The summed E-state index contributed by atoms with van der Waals surface area (Å²) in [6, 6.07) is 5.20. The van der Waals surface area contributed by atoms with Crippen LogP contribution in [-0.4, -0.2) is 41.7 Å². The molecule has 1 aromatic rings. The zero-order valence-corrected chi connectivity index (χ0v) is 14.1. The SMILES string of the molecule is O=C(O)C1CCN(C(=O)NC2CCCOc3cc(Cl)ccc32)CC1. The summed E-state index contributed by atoms with van der Waals surface area (Å²) < 4.78 is 5.71. The number of aliphatic carboxylic acids is 1. The number of amides is 2. The first kappa shape index (κ1) is 16.9. The molecule has 0 saturated carbocycles. The lowest BCUT2D eigenvalue weighted by Crippen LogP contribution is -2.46. The van der Waals surface area contributed by atoms with Crippen molar-refractivity contribution in [2.45, 2.75) is 31.7 Å². The maximum Gasteiger partial charge on any atom is 0.317 e. The van der Waals surface area contributed by atoms with Gasteiger partial charge in [-0.1, -0.05) is 17.7 Å². The van der Waals surface area contributed by atoms with Gasteiger partial charge in [-0.25, -0.2) is 4.79 Å². The van der Waals surface area contributed by atoms with Crippen LogP contribution in [0.3, 0.4) is 0 Å². The van der Waals surface area contributed by atoms with Crippen LogP contribution in [0, 0.1) is 5.92 Å². The third-order valence-corrected chi connectivity index (χ3v) is 4.91. The molecular weight excluding hydrogens is 332 g/mol. The molecule has 0 radical (unpaired) electrons. The molecule has 3 rings (SSSR count). The Morgan fingerprint density at radius 2 is 2.00 bits per heavy atom. The lowest BCUT2D eigenvalue weighted by molar-refractivity contribution is -0.143. The molecule has 1 fully saturated rings. The van der Waals surface area contributed by atoms with E-state index in [1.807, 2.05) is 6.07 Å². The number of urea groups is 1. The zero-order chi connectivity index (χ0) is 17.1. The summed E-state index contributed by atoms with van der Waals surface area (Å²) in [5.74, 6) is -0.403. The molecule has 1 atom stereocenters. The third kappa shape index (κ3) is 3.75. The summed E-state index contributed by atoms with van der Waals surface area (Å²) in [6.07, 6.45) is 2.65. The zero-order valence-electron chi connectivity index (χ0n) is 13.3. The minimum absolute atomic E-state index is 0.121. The van der Waals surface area contributed by atoms with Crippen molar-refractivity contribution in [3.8, 4) is 5.75 Å². The molecule has 0 spiro atoms. The van der Waals surface area contributed by atoms with Crippen LogP contribution in [0.25, 0.3) is 0 Å². The Bertz CT molecular complexity index is 629. The highest BCUT2D eigenvalue weighted by Gasteiger charge is 2.29. The van der Waals surface area contributed by atoms with Crippen LogP contribution in [0.5, 0.6) is 5.75 Å². The van der Waals surface area contributed by atoms with Crippen molar-refractivity contribution < 1.29 is 19.4 Å². The number of rotatable bonds is 2. The maximum absolute atomic E-state index is 12.5. The first-order chi connectivity index (χ1) is 11.5. The smallest absolute Gasteiger partial charge is 0.317 e. The predicted octanol–water partition coefficient (Wildman–Crippen LogP) is 3.06. The van der Waals surface area contributed by atoms with Gasteiger partial charge in [0.1, 0.15) is 5.75 Å². The average molecular weight is 353 g/mol. The normalized spacial score (nSPS) is 21.4. The van der Waals surface area contributed by atoms with Crippen LogP contribution in [0.2, 0.25) is 5.02 Å². The van der Waals surface area contributed by atoms with Gasteiger partial charge in [-0.05, 0) is 37.8 Å². The quantitative estimate of drug-likeness (QED) is 0.857. The highest BCUT2D eigenvalue weighted by atomic mass is 35.5. The van der Waals surface area contributed by atoms with E-state index in [2.05, 4.69) is 5.32 Å². The van der Waals surface area contributed by atoms with Gasteiger partial charge < -0.3 is 20.1 Å². The van der Waals surface area contributed by atoms with Crippen molar-refractivity contribution in [3.63, 3.8) is 0 Å². The Hall–Kier alpha value is -1.95. The number of benzene rings is 1. The van der Waals surface area contributed by atoms with E-state index < -0.39 is 5.97 Å². The molecule has 6 nitrogen and oxygen atoms in total. The standard InChI is InChI=1S/C17H21ClN2O4/c18-12-3-4-13-14(2-1-9-24-15(13)10-12)19-17(23)20-7-5-11(6-8-20)16(21)22/h3-4,10-11,14H,1-2,5-9H2,(H,19,23)(H,21,22). The Morgan fingerprint density at radius 3 is 2.71 bits per heavy atom. The molecule has 2 N–H and O–H groups in total. The van der Waals surface area contributed by atoms with Gasteiger partial charge in [0.05, 0.1) is 18.6 Å². The number of fused-ring (bicyclic) bond motifs is 1. The summed E-state index contributed by atoms with van der Waals surface area (Å²) in [4.78, 5) is 25.2. The van der Waals surface area contributed by atoms with Gasteiger partial charge in [-0.3, -0.25) is 4.79 Å². The number of hydrogen-bond acceptors (Lipinski definition) is 3. The molecule has 2 aliphatic rings. The van der Waals surface area contributed by atoms with E-state index >= 15 is 0 Å². The van der Waals surface area contributed by atoms with Gasteiger partial charge in [0.25, 0.3) is 0 Å². The Kier molecular flexibility index (Phi) is 5.14. The van der Waals surface area contributed by atoms with Crippen molar-refractivity contribution in [1.29, 1.82) is 0 Å². The molecular formula is C17H21ClN2O4. The lowest BCUT2D eigenvalue weighted by Gasteiger charge is -2.31. The molecule has 1 aromatic carbocycles. The van der Waals surface area contributed by atoms with Crippen molar-refractivity contribution >= 4 is 23.6 Å². The Balaban J connectivity index is 1.66. The minimum atomic E-state index is -0.776. The molecule has 2 aliphatic heterocycles. The number of carbonyl (C=O) groups is 2. The number of carboxylic acids is 1. The fraction of sp³-hybridized carbons (Fsp3) is 0.529. The second-order valence-electron chi connectivity index (χ2n) is 6.27. The summed E-state index contributed by atoms with van der Waals surface area (Å²) in [5.41, 5.74) is 0.936. The molecule has 0 aliphatic carbocycles. The van der Waals surface area contributed by atoms with Gasteiger partial charge in [0.2, 0.25) is 0 Å². The van der Waals surface area contributed by atoms with E-state index in [1.165, 1.54) is 0 Å². The molecule has 130 valence electrons. The monoisotopic (exact) mass is 352 g/mol. The van der Waals surface area contributed by atoms with Crippen molar-refractivity contribution in [1.82, 2.24) is 10.2 Å². The van der Waals surface area contributed by atoms with Crippen molar-refractivity contribution in [2.75, 3.05) is 19.7 Å². The highest BCUT2D eigenvalue weighted by molar-refractivity contribution is 6.30. The average Bonchev–Trinajstić information content (AvgIpc) is 2.76. The van der Waals surface area contributed by atoms with Gasteiger partial charge in [-0.15, -0.1) is 0 Å². The summed E-state index contributed by atoms with van der Waals surface area (Å²) in [6.45, 7) is 1.54. The number of hydrogen-bond donors (Lipinski definition) is 2. The van der Waals surface area contributed by atoms with Crippen LogP contribution >= 0.6 is 11.6 Å². The van der Waals surface area contributed by atoms with E-state index in [0.717, 1.165) is 24.2 Å². The van der Waals surface area contributed by atoms with Gasteiger partial charge >= 0.3 is 12.0 Å². The number of carbonyl (C=O) groups excluding carboxylic acids is 1. The summed E-state index contributed by atoms with van der Waals surface area (Å²) in [7, 11) is 0. The fourth-order valence-electron chi connectivity index (χ4n) is 3.27. The van der Waals surface area contributed by atoms with Crippen molar-refractivity contribution in [3.05, 3.63) is 28.8 Å². The predicted molar refractivity (Wildman–Crippen MR) is 89.4 cm³/mol. The second-order valence-corrected chi connectivity index (χ2v) is 6.71. The molecule has 1 unspecified atom stereocenters. The lowest BCUT2D eigenvalue weighted by atomic mass is 9.97. The molecule has 0 aromatic heterocycles. The van der Waals surface area contributed by atoms with Crippen LogP contribution in [0.15, 0.2) is 18.2 Å². The molecule has 2 amide bonds. The van der Waals surface area contributed by atoms with Gasteiger partial charge in [-0.2, -0.15) is 0 Å². The number of halogens is 1. The Morgan fingerprint density at radius 1 is 1.25 bits per heavy atom. The number of nitrogens with one attached hydrogen (secondary N) is 1. The molecule has 2 heterocycles. The number of ether oxygens (including phenoxy) is 1. The van der Waals surface area contributed by atoms with E-state index in [1.54, 1.807) is 17.0 Å². The first-order valence-corrected chi connectivity index (χ1v) is 8.63. The van der Waals surface area contributed by atoms with E-state index in [0.29, 0.717) is 37.6 Å². The van der Waals surface area contributed by atoms with Crippen molar-refractivity contribution in [2.24, 2.45) is 5.92 Å². The van der Waals surface area contributed by atoms with Crippen LogP contribution in [-0.2, 0) is 4.79 Å². The molecule has 1 saturated heterocycles.